The molecule has 3 aromatic rings. The van der Waals surface area contributed by atoms with Gasteiger partial charge in [0.15, 0.2) is 5.03 Å². The highest BCUT2D eigenvalue weighted by atomic mass is 35.5. The highest BCUT2D eigenvalue weighted by Crippen LogP contribution is 2.32. The highest BCUT2D eigenvalue weighted by molar-refractivity contribution is 7.92. The Hall–Kier alpha value is -1.57. The Morgan fingerprint density at radius 3 is 2.76 bits per heavy atom. The van der Waals surface area contributed by atoms with Crippen molar-refractivity contribution >= 4 is 49.6 Å². The fourth-order valence-corrected chi connectivity index (χ4v) is 4.42. The Balaban J connectivity index is 2.08. The number of anilines is 1. The van der Waals surface area contributed by atoms with Gasteiger partial charge in [0.1, 0.15) is 0 Å². The van der Waals surface area contributed by atoms with Crippen LogP contribution in [0.4, 0.5) is 5.69 Å². The first-order chi connectivity index (χ1) is 9.88. The molecule has 21 heavy (non-hydrogen) atoms. The van der Waals surface area contributed by atoms with Gasteiger partial charge in [0, 0.05) is 17.0 Å². The van der Waals surface area contributed by atoms with E-state index in [9.17, 15) is 8.42 Å². The van der Waals surface area contributed by atoms with Gasteiger partial charge in [0.2, 0.25) is 0 Å². The van der Waals surface area contributed by atoms with Gasteiger partial charge in [-0.3, -0.25) is 4.72 Å². The summed E-state index contributed by atoms with van der Waals surface area (Å²) >= 11 is 7.42. The number of hydrogen-bond acceptors (Lipinski definition) is 4. The first-order valence-electron chi connectivity index (χ1n) is 6.09. The number of aromatic nitrogens is 2. The number of hydrogen-bond donors (Lipinski definition) is 2. The van der Waals surface area contributed by atoms with Crippen molar-refractivity contribution in [2.75, 3.05) is 4.72 Å². The number of H-pyrrole nitrogens is 1. The summed E-state index contributed by atoms with van der Waals surface area (Å²) in [5, 5.41) is 3.62. The van der Waals surface area contributed by atoms with Crippen LogP contribution in [0.25, 0.3) is 10.9 Å². The summed E-state index contributed by atoms with van der Waals surface area (Å²) in [5.41, 5.74) is 2.09. The van der Waals surface area contributed by atoms with E-state index in [2.05, 4.69) is 14.7 Å². The summed E-state index contributed by atoms with van der Waals surface area (Å²) < 4.78 is 27.2. The highest BCUT2D eigenvalue weighted by Gasteiger charge is 2.19. The third kappa shape index (κ3) is 2.52. The summed E-state index contributed by atoms with van der Waals surface area (Å²) in [7, 11) is -3.70. The molecule has 2 heterocycles. The largest absolute Gasteiger partial charge is 0.358 e. The van der Waals surface area contributed by atoms with Crippen LogP contribution in [0, 0.1) is 13.8 Å². The summed E-state index contributed by atoms with van der Waals surface area (Å²) in [6.07, 6.45) is 1.64. The maximum atomic E-state index is 12.3. The second-order valence-corrected chi connectivity index (χ2v) is 7.73. The number of aryl methyl sites for hydroxylation is 2. The van der Waals surface area contributed by atoms with Gasteiger partial charge >= 0.3 is 0 Å². The van der Waals surface area contributed by atoms with E-state index in [1.165, 1.54) is 16.7 Å². The van der Waals surface area contributed by atoms with E-state index in [1.807, 2.05) is 13.0 Å². The smallest absolute Gasteiger partial charge is 0.280 e. The molecule has 0 aliphatic rings. The fraction of sp³-hybridized carbons (Fsp3) is 0.154. The monoisotopic (exact) mass is 341 g/mol. The number of benzene rings is 1. The molecule has 0 atom stereocenters. The molecule has 110 valence electrons. The second-order valence-electron chi connectivity index (χ2n) is 4.63. The van der Waals surface area contributed by atoms with Crippen LogP contribution >= 0.6 is 22.9 Å². The van der Waals surface area contributed by atoms with E-state index < -0.39 is 10.0 Å². The Kier molecular flexibility index (Phi) is 3.43. The molecule has 0 unspecified atom stereocenters. The van der Waals surface area contributed by atoms with Crippen LogP contribution in [-0.2, 0) is 10.0 Å². The predicted octanol–water partition coefficient (Wildman–Crippen LogP) is 3.70. The second kappa shape index (κ2) is 5.01. The first kappa shape index (κ1) is 14.4. The third-order valence-electron chi connectivity index (χ3n) is 3.11. The molecule has 0 spiro atoms. The van der Waals surface area contributed by atoms with E-state index in [0.717, 1.165) is 10.9 Å². The van der Waals surface area contributed by atoms with Crippen LogP contribution in [0.5, 0.6) is 0 Å². The standard InChI is InChI=1S/C13H12ClN3O2S2/c1-7-3-4-10(13-12(7)9(14)5-15-13)17-21(18,19)11-6-20-8(2)16-11/h3-6,15,17H,1-2H3. The van der Waals surface area contributed by atoms with E-state index in [-0.39, 0.29) is 5.03 Å². The van der Waals surface area contributed by atoms with Crippen molar-refractivity contribution in [1.82, 2.24) is 9.97 Å². The van der Waals surface area contributed by atoms with E-state index in [0.29, 0.717) is 21.2 Å². The lowest BCUT2D eigenvalue weighted by Gasteiger charge is -2.08. The molecule has 0 amide bonds. The normalized spacial score (nSPS) is 12.0. The molecule has 0 saturated carbocycles. The van der Waals surface area contributed by atoms with Gasteiger partial charge in [-0.1, -0.05) is 17.7 Å². The molecule has 8 heteroatoms. The maximum Gasteiger partial charge on any atom is 0.280 e. The average Bonchev–Trinajstić information content (AvgIpc) is 3.00. The van der Waals surface area contributed by atoms with Gasteiger partial charge in [0.05, 0.1) is 21.2 Å². The molecule has 5 nitrogen and oxygen atoms in total. The lowest BCUT2D eigenvalue weighted by atomic mass is 10.1. The zero-order chi connectivity index (χ0) is 15.2. The number of rotatable bonds is 3. The van der Waals surface area contributed by atoms with Gasteiger partial charge in [0.25, 0.3) is 10.0 Å². The van der Waals surface area contributed by atoms with Gasteiger partial charge in [-0.15, -0.1) is 11.3 Å². The molecule has 0 fully saturated rings. The number of thiazole rings is 1. The van der Waals surface area contributed by atoms with Gasteiger partial charge in [-0.05, 0) is 25.5 Å². The zero-order valence-corrected chi connectivity index (χ0v) is 13.7. The molecule has 0 radical (unpaired) electrons. The summed E-state index contributed by atoms with van der Waals surface area (Å²) in [4.78, 5) is 7.01. The lowest BCUT2D eigenvalue weighted by molar-refractivity contribution is 0.598. The first-order valence-corrected chi connectivity index (χ1v) is 8.84. The Morgan fingerprint density at radius 2 is 2.10 bits per heavy atom. The Morgan fingerprint density at radius 1 is 1.33 bits per heavy atom. The number of nitrogens with one attached hydrogen (secondary N) is 2. The number of nitrogens with zero attached hydrogens (tertiary/aromatic N) is 1. The summed E-state index contributed by atoms with van der Waals surface area (Å²) in [5.74, 6) is 0. The van der Waals surface area contributed by atoms with Crippen molar-refractivity contribution in [3.05, 3.63) is 39.3 Å². The van der Waals surface area contributed by atoms with E-state index >= 15 is 0 Å². The molecular weight excluding hydrogens is 330 g/mol. The van der Waals surface area contributed by atoms with Crippen LogP contribution in [-0.4, -0.2) is 18.4 Å². The summed E-state index contributed by atoms with van der Waals surface area (Å²) in [6.45, 7) is 3.68. The van der Waals surface area contributed by atoms with Crippen LogP contribution < -0.4 is 4.72 Å². The topological polar surface area (TPSA) is 74.8 Å². The number of halogens is 1. The Labute approximate surface area is 131 Å². The minimum absolute atomic E-state index is 0.0244. The zero-order valence-electron chi connectivity index (χ0n) is 11.3. The molecule has 0 saturated heterocycles. The average molecular weight is 342 g/mol. The van der Waals surface area contributed by atoms with Crippen molar-refractivity contribution < 1.29 is 8.42 Å². The van der Waals surface area contributed by atoms with Gasteiger partial charge < -0.3 is 4.98 Å². The quantitative estimate of drug-likeness (QED) is 0.762. The van der Waals surface area contributed by atoms with Crippen LogP contribution in [0.1, 0.15) is 10.6 Å². The molecule has 2 N–H and O–H groups in total. The van der Waals surface area contributed by atoms with Crippen LogP contribution in [0.15, 0.2) is 28.7 Å². The van der Waals surface area contributed by atoms with Crippen LogP contribution in [0.2, 0.25) is 5.02 Å². The van der Waals surface area contributed by atoms with E-state index in [4.69, 9.17) is 11.6 Å². The van der Waals surface area contributed by atoms with Crippen molar-refractivity contribution in [2.24, 2.45) is 0 Å². The number of sulfonamides is 1. The third-order valence-corrected chi connectivity index (χ3v) is 5.58. The van der Waals surface area contributed by atoms with Gasteiger partial charge in [-0.2, -0.15) is 8.42 Å². The van der Waals surface area contributed by atoms with E-state index in [1.54, 1.807) is 19.2 Å². The fourth-order valence-electron chi connectivity index (χ4n) is 2.12. The molecule has 2 aromatic heterocycles. The van der Waals surface area contributed by atoms with Crippen LogP contribution in [0.3, 0.4) is 0 Å². The summed E-state index contributed by atoms with van der Waals surface area (Å²) in [6, 6.07) is 3.54. The SMILES string of the molecule is Cc1nc(S(=O)(=O)Nc2ccc(C)c3c(Cl)c[nH]c23)cs1. The molecule has 1 aromatic carbocycles. The number of fused-ring (bicyclic) bond motifs is 1. The van der Waals surface area contributed by atoms with Crippen molar-refractivity contribution in [3.63, 3.8) is 0 Å². The maximum absolute atomic E-state index is 12.3. The van der Waals surface area contributed by atoms with Gasteiger partial charge in [-0.25, -0.2) is 4.98 Å². The molecule has 3 rings (SSSR count). The van der Waals surface area contributed by atoms with Crippen molar-refractivity contribution in [2.45, 2.75) is 18.9 Å². The minimum Gasteiger partial charge on any atom is -0.358 e. The minimum atomic E-state index is -3.70. The molecule has 0 bridgehead atoms. The number of aromatic amines is 1. The predicted molar refractivity (Wildman–Crippen MR) is 85.7 cm³/mol. The molecular formula is C13H12ClN3O2S2. The Bertz CT molecular complexity index is 928. The molecule has 0 aliphatic carbocycles. The molecule has 0 aliphatic heterocycles. The van der Waals surface area contributed by atoms with Crippen molar-refractivity contribution in [3.8, 4) is 0 Å². The lowest BCUT2D eigenvalue weighted by Crippen LogP contribution is -2.13. The van der Waals surface area contributed by atoms with Crippen molar-refractivity contribution in [1.29, 1.82) is 0 Å².